The lowest BCUT2D eigenvalue weighted by Gasteiger charge is -2.35. The molecule has 1 aromatic carbocycles. The molecule has 28 heavy (non-hydrogen) atoms. The molecule has 2 atom stereocenters. The number of hydrogen-bond donors (Lipinski definition) is 1. The van der Waals surface area contributed by atoms with Crippen LogP contribution < -0.4 is 5.32 Å². The van der Waals surface area contributed by atoms with E-state index in [4.69, 9.17) is 4.74 Å². The lowest BCUT2D eigenvalue weighted by Crippen LogP contribution is -2.46. The Morgan fingerprint density at radius 3 is 2.68 bits per heavy atom. The maximum atomic E-state index is 12.8. The molecule has 6 nitrogen and oxygen atoms in total. The number of carbonyl (C=O) groups is 3. The second-order valence-electron chi connectivity index (χ2n) is 7.34. The molecule has 0 aromatic heterocycles. The van der Waals surface area contributed by atoms with Crippen molar-refractivity contribution in [3.8, 4) is 0 Å². The van der Waals surface area contributed by atoms with Gasteiger partial charge in [-0.3, -0.25) is 14.4 Å². The van der Waals surface area contributed by atoms with Crippen LogP contribution in [0.5, 0.6) is 0 Å². The summed E-state index contributed by atoms with van der Waals surface area (Å²) in [5.74, 6) is -0.876. The van der Waals surface area contributed by atoms with Crippen molar-refractivity contribution in [2.45, 2.75) is 74.7 Å². The van der Waals surface area contributed by atoms with Crippen molar-refractivity contribution in [2.75, 3.05) is 11.9 Å². The topological polar surface area (TPSA) is 75.7 Å². The van der Waals surface area contributed by atoms with Gasteiger partial charge in [0.1, 0.15) is 0 Å². The standard InChI is InChI=1S/C21H28N2O4S/c1-3-23(15-9-5-4-6-10-15)21(26)14(2)27-19(24)13-18-20(25)22-16-11-7-8-12-17(16)28-18/h7-8,11-12,14-15,18H,3-6,9-10,13H2,1-2H3,(H,22,25)/t14-,18-/m1/s1. The molecule has 0 radical (unpaired) electrons. The maximum Gasteiger partial charge on any atom is 0.308 e. The average molecular weight is 405 g/mol. The van der Waals surface area contributed by atoms with Gasteiger partial charge in [-0.2, -0.15) is 0 Å². The molecule has 2 amide bonds. The van der Waals surface area contributed by atoms with Crippen LogP contribution in [-0.2, 0) is 19.1 Å². The Balaban J connectivity index is 1.55. The normalized spacial score (nSPS) is 20.6. The predicted molar refractivity (Wildman–Crippen MR) is 109 cm³/mol. The lowest BCUT2D eigenvalue weighted by molar-refractivity contribution is -0.160. The molecule has 7 heteroatoms. The molecule has 1 saturated carbocycles. The van der Waals surface area contributed by atoms with E-state index in [1.54, 1.807) is 6.92 Å². The van der Waals surface area contributed by atoms with Crippen molar-refractivity contribution in [1.29, 1.82) is 0 Å². The summed E-state index contributed by atoms with van der Waals surface area (Å²) in [6.45, 7) is 4.19. The quantitative estimate of drug-likeness (QED) is 0.733. The van der Waals surface area contributed by atoms with E-state index in [0.29, 0.717) is 6.54 Å². The maximum absolute atomic E-state index is 12.8. The molecule has 0 unspecified atom stereocenters. The number of amides is 2. The minimum absolute atomic E-state index is 0.0575. The van der Waals surface area contributed by atoms with Crippen LogP contribution >= 0.6 is 11.8 Å². The van der Waals surface area contributed by atoms with E-state index in [2.05, 4.69) is 5.32 Å². The van der Waals surface area contributed by atoms with Crippen LogP contribution in [0.25, 0.3) is 0 Å². The van der Waals surface area contributed by atoms with Crippen LogP contribution in [0, 0.1) is 0 Å². The summed E-state index contributed by atoms with van der Waals surface area (Å²) in [5.41, 5.74) is 0.761. The lowest BCUT2D eigenvalue weighted by atomic mass is 9.94. The number of rotatable bonds is 6. The van der Waals surface area contributed by atoms with Crippen LogP contribution in [-0.4, -0.2) is 46.6 Å². The van der Waals surface area contributed by atoms with Crippen molar-refractivity contribution in [1.82, 2.24) is 4.90 Å². The summed E-state index contributed by atoms with van der Waals surface area (Å²) in [6, 6.07) is 7.73. The van der Waals surface area contributed by atoms with E-state index in [9.17, 15) is 14.4 Å². The number of fused-ring (bicyclic) bond motifs is 1. The molecule has 152 valence electrons. The number of likely N-dealkylation sites (N-methyl/N-ethyl adjacent to an activating group) is 1. The highest BCUT2D eigenvalue weighted by atomic mass is 32.2. The summed E-state index contributed by atoms with van der Waals surface area (Å²) in [6.07, 6.45) is 4.63. The predicted octanol–water partition coefficient (Wildman–Crippen LogP) is 3.60. The molecule has 0 spiro atoms. The minimum Gasteiger partial charge on any atom is -0.452 e. The first kappa shape index (κ1) is 20.7. The molecule has 1 heterocycles. The fourth-order valence-electron chi connectivity index (χ4n) is 3.89. The van der Waals surface area contributed by atoms with Crippen LogP contribution in [0.2, 0.25) is 0 Å². The van der Waals surface area contributed by atoms with Crippen LogP contribution in [0.15, 0.2) is 29.2 Å². The average Bonchev–Trinajstić information content (AvgIpc) is 2.69. The summed E-state index contributed by atoms with van der Waals surface area (Å²) >= 11 is 1.35. The van der Waals surface area contributed by atoms with Gasteiger partial charge in [0.2, 0.25) is 5.91 Å². The number of nitrogens with one attached hydrogen (secondary N) is 1. The van der Waals surface area contributed by atoms with Crippen molar-refractivity contribution < 1.29 is 19.1 Å². The zero-order valence-electron chi connectivity index (χ0n) is 16.5. The van der Waals surface area contributed by atoms with Gasteiger partial charge >= 0.3 is 5.97 Å². The first-order valence-electron chi connectivity index (χ1n) is 10.1. The number of carbonyl (C=O) groups excluding carboxylic acids is 3. The Kier molecular flexibility index (Phi) is 6.99. The van der Waals surface area contributed by atoms with Crippen molar-refractivity contribution in [2.24, 2.45) is 0 Å². The van der Waals surface area contributed by atoms with E-state index in [-0.39, 0.29) is 24.3 Å². The van der Waals surface area contributed by atoms with Gasteiger partial charge in [0.25, 0.3) is 5.91 Å². The molecule has 1 fully saturated rings. The number of nitrogens with zero attached hydrogens (tertiary/aromatic N) is 1. The largest absolute Gasteiger partial charge is 0.452 e. The minimum atomic E-state index is -0.835. The van der Waals surface area contributed by atoms with Crippen LogP contribution in [0.4, 0.5) is 5.69 Å². The Morgan fingerprint density at radius 2 is 1.96 bits per heavy atom. The smallest absolute Gasteiger partial charge is 0.308 e. The van der Waals surface area contributed by atoms with Gasteiger partial charge in [0.15, 0.2) is 6.10 Å². The molecular formula is C21H28N2O4S. The van der Waals surface area contributed by atoms with E-state index < -0.39 is 17.3 Å². The summed E-state index contributed by atoms with van der Waals surface area (Å²) < 4.78 is 5.40. The van der Waals surface area contributed by atoms with Gasteiger partial charge < -0.3 is 15.0 Å². The highest BCUT2D eigenvalue weighted by Crippen LogP contribution is 2.36. The molecule has 1 N–H and O–H groups in total. The Morgan fingerprint density at radius 1 is 1.25 bits per heavy atom. The van der Waals surface area contributed by atoms with Crippen LogP contribution in [0.1, 0.15) is 52.4 Å². The highest BCUT2D eigenvalue weighted by Gasteiger charge is 2.32. The summed E-state index contributed by atoms with van der Waals surface area (Å²) in [7, 11) is 0. The monoisotopic (exact) mass is 404 g/mol. The first-order valence-corrected chi connectivity index (χ1v) is 10.9. The fourth-order valence-corrected chi connectivity index (χ4v) is 4.99. The molecule has 2 aliphatic rings. The molecule has 0 saturated heterocycles. The number of anilines is 1. The third-order valence-electron chi connectivity index (χ3n) is 5.35. The number of thioether (sulfide) groups is 1. The first-order chi connectivity index (χ1) is 13.5. The Labute approximate surface area is 170 Å². The second-order valence-corrected chi connectivity index (χ2v) is 8.59. The van der Waals surface area contributed by atoms with E-state index in [1.807, 2.05) is 36.1 Å². The van der Waals surface area contributed by atoms with Crippen LogP contribution in [0.3, 0.4) is 0 Å². The van der Waals surface area contributed by atoms with E-state index >= 15 is 0 Å². The molecule has 0 bridgehead atoms. The highest BCUT2D eigenvalue weighted by molar-refractivity contribution is 8.01. The van der Waals surface area contributed by atoms with E-state index in [1.165, 1.54) is 18.2 Å². The third kappa shape index (κ3) is 4.87. The molecule has 3 rings (SSSR count). The Hall–Kier alpha value is -2.02. The molecule has 1 aromatic rings. The molecular weight excluding hydrogens is 376 g/mol. The van der Waals surface area contributed by atoms with Crippen molar-refractivity contribution >= 4 is 35.2 Å². The number of ether oxygens (including phenoxy) is 1. The third-order valence-corrected chi connectivity index (χ3v) is 6.63. The number of esters is 1. The van der Waals surface area contributed by atoms with Gasteiger partial charge in [-0.05, 0) is 38.8 Å². The fraction of sp³-hybridized carbons (Fsp3) is 0.571. The second kappa shape index (κ2) is 9.45. The van der Waals surface area contributed by atoms with Gasteiger partial charge in [0, 0.05) is 17.5 Å². The number of hydrogen-bond acceptors (Lipinski definition) is 5. The summed E-state index contributed by atoms with van der Waals surface area (Å²) in [5, 5.41) is 2.27. The zero-order chi connectivity index (χ0) is 20.1. The molecule has 1 aliphatic carbocycles. The van der Waals surface area contributed by atoms with Crippen molar-refractivity contribution in [3.63, 3.8) is 0 Å². The number of para-hydroxylation sites is 1. The van der Waals surface area contributed by atoms with Gasteiger partial charge in [-0.15, -0.1) is 11.8 Å². The molecule has 1 aliphatic heterocycles. The van der Waals surface area contributed by atoms with Crippen molar-refractivity contribution in [3.05, 3.63) is 24.3 Å². The van der Waals surface area contributed by atoms with Gasteiger partial charge in [-0.25, -0.2) is 0 Å². The van der Waals surface area contributed by atoms with Gasteiger partial charge in [-0.1, -0.05) is 31.4 Å². The SMILES string of the molecule is CCN(C(=O)[C@@H](C)OC(=O)C[C@H]1Sc2ccccc2NC1=O)C1CCCCC1. The van der Waals surface area contributed by atoms with E-state index in [0.717, 1.165) is 36.3 Å². The van der Waals surface area contributed by atoms with Gasteiger partial charge in [0.05, 0.1) is 17.4 Å². The zero-order valence-corrected chi connectivity index (χ0v) is 17.3. The summed E-state index contributed by atoms with van der Waals surface area (Å²) in [4.78, 5) is 40.2. The number of benzene rings is 1. The Bertz CT molecular complexity index is 733.